The van der Waals surface area contributed by atoms with E-state index in [4.69, 9.17) is 0 Å². The first kappa shape index (κ1) is 14.8. The molecular formula is C17H21N3O2. The first-order valence-corrected chi connectivity index (χ1v) is 7.69. The molecule has 0 aliphatic heterocycles. The van der Waals surface area contributed by atoms with E-state index < -0.39 is 0 Å². The van der Waals surface area contributed by atoms with Crippen LogP contribution in [0.2, 0.25) is 0 Å². The molecule has 5 nitrogen and oxygen atoms in total. The first-order chi connectivity index (χ1) is 10.6. The van der Waals surface area contributed by atoms with Crippen molar-refractivity contribution < 1.29 is 9.90 Å². The number of amides is 1. The Bertz CT molecular complexity index is 639. The third-order valence-corrected chi connectivity index (χ3v) is 4.34. The molecule has 1 aromatic carbocycles. The van der Waals surface area contributed by atoms with E-state index >= 15 is 0 Å². The fraction of sp³-hybridized carbons (Fsp3) is 0.412. The van der Waals surface area contributed by atoms with Crippen molar-refractivity contribution >= 4 is 5.91 Å². The van der Waals surface area contributed by atoms with Crippen LogP contribution in [0, 0.1) is 5.92 Å². The van der Waals surface area contributed by atoms with Gasteiger partial charge < -0.3 is 10.0 Å². The number of aromatic nitrogens is 2. The average Bonchev–Trinajstić information content (AvgIpc) is 3.19. The number of nitrogens with zero attached hydrogens (tertiary/aromatic N) is 3. The topological polar surface area (TPSA) is 58.4 Å². The van der Waals surface area contributed by atoms with Gasteiger partial charge in [0, 0.05) is 37.5 Å². The Morgan fingerprint density at radius 3 is 2.95 bits per heavy atom. The fourth-order valence-corrected chi connectivity index (χ4v) is 3.09. The molecule has 0 bridgehead atoms. The molecule has 2 aromatic rings. The minimum Gasteiger partial charge on any atom is -0.393 e. The molecule has 22 heavy (non-hydrogen) atoms. The van der Waals surface area contributed by atoms with Gasteiger partial charge in [-0.25, -0.2) is 4.68 Å². The predicted molar refractivity (Wildman–Crippen MR) is 83.9 cm³/mol. The van der Waals surface area contributed by atoms with Crippen molar-refractivity contribution in [3.63, 3.8) is 0 Å². The van der Waals surface area contributed by atoms with Crippen molar-refractivity contribution in [1.82, 2.24) is 14.7 Å². The van der Waals surface area contributed by atoms with E-state index in [9.17, 15) is 9.90 Å². The van der Waals surface area contributed by atoms with Gasteiger partial charge in [-0.15, -0.1) is 0 Å². The summed E-state index contributed by atoms with van der Waals surface area (Å²) in [6, 6.07) is 9.29. The zero-order valence-corrected chi connectivity index (χ0v) is 12.7. The molecule has 2 atom stereocenters. The molecule has 1 aliphatic rings. The number of carbonyl (C=O) groups is 1. The third kappa shape index (κ3) is 3.04. The summed E-state index contributed by atoms with van der Waals surface area (Å²) in [7, 11) is 1.80. The van der Waals surface area contributed by atoms with Gasteiger partial charge in [-0.3, -0.25) is 4.79 Å². The zero-order chi connectivity index (χ0) is 15.5. The van der Waals surface area contributed by atoms with Gasteiger partial charge in [0.2, 0.25) is 0 Å². The van der Waals surface area contributed by atoms with Gasteiger partial charge in [-0.1, -0.05) is 12.5 Å². The molecule has 1 saturated carbocycles. The van der Waals surface area contributed by atoms with E-state index in [1.54, 1.807) is 22.8 Å². The van der Waals surface area contributed by atoms with Gasteiger partial charge in [-0.05, 0) is 37.1 Å². The van der Waals surface area contributed by atoms with Crippen LogP contribution in [0.1, 0.15) is 29.6 Å². The molecule has 5 heteroatoms. The summed E-state index contributed by atoms with van der Waals surface area (Å²) < 4.78 is 1.73. The zero-order valence-electron chi connectivity index (χ0n) is 12.7. The molecule has 0 saturated heterocycles. The van der Waals surface area contributed by atoms with Gasteiger partial charge in [0.05, 0.1) is 11.8 Å². The van der Waals surface area contributed by atoms with Gasteiger partial charge in [0.1, 0.15) is 0 Å². The maximum atomic E-state index is 12.6. The van der Waals surface area contributed by atoms with Crippen LogP contribution in [0.5, 0.6) is 0 Å². The molecule has 0 radical (unpaired) electrons. The maximum Gasteiger partial charge on any atom is 0.253 e. The van der Waals surface area contributed by atoms with Crippen LogP contribution in [0.4, 0.5) is 0 Å². The number of aliphatic hydroxyl groups is 1. The molecule has 1 N–H and O–H groups in total. The van der Waals surface area contributed by atoms with Crippen molar-refractivity contribution in [2.75, 3.05) is 13.6 Å². The van der Waals surface area contributed by atoms with E-state index in [1.165, 1.54) is 0 Å². The standard InChI is InChI=1S/C17H21N3O2/c1-19(12-14-6-3-8-16(14)21)17(22)13-5-2-7-15(11-13)20-10-4-9-18-20/h2,4-5,7,9-11,14,16,21H,3,6,8,12H2,1H3. The van der Waals surface area contributed by atoms with E-state index in [1.807, 2.05) is 36.5 Å². The van der Waals surface area contributed by atoms with Gasteiger partial charge in [0.15, 0.2) is 0 Å². The van der Waals surface area contributed by atoms with Crippen molar-refractivity contribution in [3.05, 3.63) is 48.3 Å². The number of carbonyl (C=O) groups excluding carboxylic acids is 1. The maximum absolute atomic E-state index is 12.6. The van der Waals surface area contributed by atoms with Crippen LogP contribution >= 0.6 is 0 Å². The number of hydrogen-bond donors (Lipinski definition) is 1. The minimum absolute atomic E-state index is 0.0203. The van der Waals surface area contributed by atoms with Gasteiger partial charge >= 0.3 is 0 Å². The van der Waals surface area contributed by atoms with Gasteiger partial charge in [0.25, 0.3) is 5.91 Å². The van der Waals surface area contributed by atoms with Crippen molar-refractivity contribution in [1.29, 1.82) is 0 Å². The molecule has 2 unspecified atom stereocenters. The molecule has 1 aliphatic carbocycles. The summed E-state index contributed by atoms with van der Waals surface area (Å²) in [5.74, 6) is 0.177. The summed E-state index contributed by atoms with van der Waals surface area (Å²) >= 11 is 0. The Hall–Kier alpha value is -2.14. The third-order valence-electron chi connectivity index (χ3n) is 4.34. The van der Waals surface area contributed by atoms with Crippen LogP contribution in [0.25, 0.3) is 5.69 Å². The largest absolute Gasteiger partial charge is 0.393 e. The number of rotatable bonds is 4. The summed E-state index contributed by atoms with van der Waals surface area (Å²) in [6.45, 7) is 0.603. The van der Waals surface area contributed by atoms with E-state index in [0.29, 0.717) is 12.1 Å². The molecule has 116 valence electrons. The van der Waals surface area contributed by atoms with E-state index in [2.05, 4.69) is 5.10 Å². The molecule has 0 spiro atoms. The summed E-state index contributed by atoms with van der Waals surface area (Å²) in [4.78, 5) is 14.3. The summed E-state index contributed by atoms with van der Waals surface area (Å²) in [5, 5.41) is 14.1. The Morgan fingerprint density at radius 2 is 2.27 bits per heavy atom. The lowest BCUT2D eigenvalue weighted by molar-refractivity contribution is 0.0693. The summed E-state index contributed by atoms with van der Waals surface area (Å²) in [5.41, 5.74) is 1.51. The highest BCUT2D eigenvalue weighted by atomic mass is 16.3. The Labute approximate surface area is 130 Å². The predicted octanol–water partition coefficient (Wildman–Crippen LogP) is 2.11. The molecular weight excluding hydrogens is 278 g/mol. The number of aliphatic hydroxyl groups excluding tert-OH is 1. The van der Waals surface area contributed by atoms with Crippen LogP contribution in [0.3, 0.4) is 0 Å². The first-order valence-electron chi connectivity index (χ1n) is 7.69. The minimum atomic E-state index is -0.273. The van der Waals surface area contributed by atoms with Crippen molar-refractivity contribution in [2.24, 2.45) is 5.92 Å². The van der Waals surface area contributed by atoms with Crippen molar-refractivity contribution in [2.45, 2.75) is 25.4 Å². The lowest BCUT2D eigenvalue weighted by Gasteiger charge is -2.23. The Kier molecular flexibility index (Phi) is 4.24. The summed E-state index contributed by atoms with van der Waals surface area (Å²) in [6.07, 6.45) is 6.17. The highest BCUT2D eigenvalue weighted by Crippen LogP contribution is 2.26. The van der Waals surface area contributed by atoms with E-state index in [0.717, 1.165) is 24.9 Å². The van der Waals surface area contributed by atoms with Crippen molar-refractivity contribution in [3.8, 4) is 5.69 Å². The molecule has 3 rings (SSSR count). The second-order valence-electron chi connectivity index (χ2n) is 5.94. The highest BCUT2D eigenvalue weighted by molar-refractivity contribution is 5.94. The molecule has 1 fully saturated rings. The lowest BCUT2D eigenvalue weighted by atomic mass is 10.1. The quantitative estimate of drug-likeness (QED) is 0.940. The van der Waals surface area contributed by atoms with Gasteiger partial charge in [-0.2, -0.15) is 5.10 Å². The average molecular weight is 299 g/mol. The molecule has 1 heterocycles. The Morgan fingerprint density at radius 1 is 1.41 bits per heavy atom. The SMILES string of the molecule is CN(CC1CCCC1O)C(=O)c1cccc(-n2cccn2)c1. The van der Waals surface area contributed by atoms with E-state index in [-0.39, 0.29) is 17.9 Å². The monoisotopic (exact) mass is 299 g/mol. The lowest BCUT2D eigenvalue weighted by Crippen LogP contribution is -2.34. The Balaban J connectivity index is 1.73. The highest BCUT2D eigenvalue weighted by Gasteiger charge is 2.27. The van der Waals surface area contributed by atoms with Crippen LogP contribution in [-0.2, 0) is 0 Å². The van der Waals surface area contributed by atoms with Crippen LogP contribution in [-0.4, -0.2) is 45.4 Å². The normalized spacial score (nSPS) is 21.0. The second kappa shape index (κ2) is 6.32. The molecule has 1 aromatic heterocycles. The molecule has 1 amide bonds. The fourth-order valence-electron chi connectivity index (χ4n) is 3.09. The van der Waals surface area contributed by atoms with Crippen LogP contribution in [0.15, 0.2) is 42.7 Å². The number of benzene rings is 1. The van der Waals surface area contributed by atoms with Crippen LogP contribution < -0.4 is 0 Å². The second-order valence-corrected chi connectivity index (χ2v) is 5.94. The smallest absolute Gasteiger partial charge is 0.253 e. The number of hydrogen-bond acceptors (Lipinski definition) is 3.